The van der Waals surface area contributed by atoms with Crippen molar-refractivity contribution in [1.82, 2.24) is 14.1 Å². The van der Waals surface area contributed by atoms with Crippen LogP contribution in [-0.4, -0.2) is 35.6 Å². The summed E-state index contributed by atoms with van der Waals surface area (Å²) in [6.45, 7) is 3.66. The minimum absolute atomic E-state index is 0.0111. The Labute approximate surface area is 118 Å². The van der Waals surface area contributed by atoms with Crippen LogP contribution < -0.4 is 0 Å². The molecular formula is C11H17ClN4O2S. The molecule has 6 nitrogen and oxygen atoms in total. The summed E-state index contributed by atoms with van der Waals surface area (Å²) in [6, 6.07) is 1.87. The van der Waals surface area contributed by atoms with E-state index in [1.165, 1.54) is 4.68 Å². The van der Waals surface area contributed by atoms with Crippen LogP contribution in [0.2, 0.25) is 5.15 Å². The number of aromatic nitrogens is 2. The topological polar surface area (TPSA) is 79.0 Å². The Hall–Kier alpha value is -1.10. The Morgan fingerprint density at radius 2 is 2.16 bits per heavy atom. The Balaban J connectivity index is 3.23. The Morgan fingerprint density at radius 3 is 2.58 bits per heavy atom. The summed E-state index contributed by atoms with van der Waals surface area (Å²) in [5, 5.41) is 12.8. The number of hydrogen-bond donors (Lipinski definition) is 0. The van der Waals surface area contributed by atoms with Crippen molar-refractivity contribution in [2.24, 2.45) is 7.05 Å². The molecule has 0 aliphatic heterocycles. The van der Waals surface area contributed by atoms with Crippen LogP contribution in [0.15, 0.2) is 4.90 Å². The minimum Gasteiger partial charge on any atom is -0.255 e. The Kier molecular flexibility index (Phi) is 5.35. The second-order valence-electron chi connectivity index (χ2n) is 4.18. The molecule has 0 amide bonds. The van der Waals surface area contributed by atoms with Crippen LogP contribution >= 0.6 is 11.6 Å². The molecule has 0 fully saturated rings. The Bertz CT molecular complexity index is 589. The minimum atomic E-state index is -3.78. The van der Waals surface area contributed by atoms with Crippen LogP contribution in [0, 0.1) is 18.3 Å². The van der Waals surface area contributed by atoms with E-state index in [1.54, 1.807) is 14.0 Å². The molecule has 8 heteroatoms. The third-order valence-corrected chi connectivity index (χ3v) is 5.25. The number of aryl methyl sites for hydroxylation is 2. The molecule has 1 aromatic rings. The maximum absolute atomic E-state index is 12.5. The fourth-order valence-corrected chi connectivity index (χ4v) is 3.81. The lowest BCUT2D eigenvalue weighted by molar-refractivity contribution is 0.435. The number of nitriles is 1. The van der Waals surface area contributed by atoms with E-state index in [2.05, 4.69) is 5.10 Å². The number of sulfonamides is 1. The molecule has 0 aliphatic carbocycles. The van der Waals surface area contributed by atoms with E-state index in [-0.39, 0.29) is 16.6 Å². The highest BCUT2D eigenvalue weighted by Crippen LogP contribution is 2.27. The first-order valence-corrected chi connectivity index (χ1v) is 7.74. The molecule has 0 aromatic carbocycles. The average Bonchev–Trinajstić information content (AvgIpc) is 2.58. The van der Waals surface area contributed by atoms with E-state index >= 15 is 0 Å². The summed E-state index contributed by atoms with van der Waals surface area (Å²) in [5.74, 6) is 0. The van der Waals surface area contributed by atoms with E-state index in [0.29, 0.717) is 18.7 Å². The van der Waals surface area contributed by atoms with Crippen LogP contribution in [0.4, 0.5) is 0 Å². The molecule has 0 atom stereocenters. The number of nitrogens with zero attached hydrogens (tertiary/aromatic N) is 4. The molecule has 0 spiro atoms. The van der Waals surface area contributed by atoms with Gasteiger partial charge in [-0.3, -0.25) is 4.68 Å². The quantitative estimate of drug-likeness (QED) is 0.749. The van der Waals surface area contributed by atoms with Gasteiger partial charge in [0.2, 0.25) is 10.0 Å². The molecule has 0 saturated carbocycles. The van der Waals surface area contributed by atoms with Gasteiger partial charge in [-0.05, 0) is 13.3 Å². The standard InChI is InChI=1S/C11H17ClN4O2S/c1-4-5-7-16(8-6-13)19(17,18)10-9(2)14-15(3)11(10)12/h4-5,7-8H2,1-3H3. The van der Waals surface area contributed by atoms with Crippen LogP contribution in [0.5, 0.6) is 0 Å². The Morgan fingerprint density at radius 1 is 1.53 bits per heavy atom. The van der Waals surface area contributed by atoms with Gasteiger partial charge in [-0.15, -0.1) is 0 Å². The summed E-state index contributed by atoms with van der Waals surface area (Å²) in [7, 11) is -2.20. The van der Waals surface area contributed by atoms with Crippen molar-refractivity contribution in [2.45, 2.75) is 31.6 Å². The van der Waals surface area contributed by atoms with Crippen molar-refractivity contribution in [3.8, 4) is 6.07 Å². The molecule has 0 aliphatic rings. The van der Waals surface area contributed by atoms with Gasteiger partial charge in [-0.1, -0.05) is 24.9 Å². The van der Waals surface area contributed by atoms with Crippen molar-refractivity contribution < 1.29 is 8.42 Å². The number of halogens is 1. The maximum atomic E-state index is 12.5. The highest BCUT2D eigenvalue weighted by atomic mass is 35.5. The van der Waals surface area contributed by atoms with Gasteiger partial charge in [0.05, 0.1) is 11.8 Å². The average molecular weight is 305 g/mol. The van der Waals surface area contributed by atoms with Crippen LogP contribution in [0.1, 0.15) is 25.5 Å². The van der Waals surface area contributed by atoms with Gasteiger partial charge in [-0.2, -0.15) is 14.7 Å². The molecular weight excluding hydrogens is 288 g/mol. The highest BCUT2D eigenvalue weighted by molar-refractivity contribution is 7.89. The molecule has 106 valence electrons. The van der Waals surface area contributed by atoms with Crippen LogP contribution in [0.3, 0.4) is 0 Å². The first-order chi connectivity index (χ1) is 8.86. The monoisotopic (exact) mass is 304 g/mol. The van der Waals surface area contributed by atoms with Gasteiger partial charge in [-0.25, -0.2) is 8.42 Å². The molecule has 0 radical (unpaired) electrons. The summed E-state index contributed by atoms with van der Waals surface area (Å²) in [6.07, 6.45) is 1.54. The third-order valence-electron chi connectivity index (χ3n) is 2.71. The van der Waals surface area contributed by atoms with Gasteiger partial charge in [0.1, 0.15) is 16.6 Å². The SMILES string of the molecule is CCCCN(CC#N)S(=O)(=O)c1c(C)nn(C)c1Cl. The predicted octanol–water partition coefficient (Wildman–Crippen LogP) is 1.70. The smallest absolute Gasteiger partial charge is 0.248 e. The van der Waals surface area contributed by atoms with Gasteiger partial charge in [0.25, 0.3) is 0 Å². The lowest BCUT2D eigenvalue weighted by atomic mass is 10.3. The fraction of sp³-hybridized carbons (Fsp3) is 0.636. The maximum Gasteiger partial charge on any atom is 0.248 e. The van der Waals surface area contributed by atoms with Gasteiger partial charge in [0.15, 0.2) is 0 Å². The van der Waals surface area contributed by atoms with Gasteiger partial charge >= 0.3 is 0 Å². The molecule has 0 bridgehead atoms. The van der Waals surface area contributed by atoms with Gasteiger partial charge < -0.3 is 0 Å². The van der Waals surface area contributed by atoms with Gasteiger partial charge in [0, 0.05) is 13.6 Å². The summed E-state index contributed by atoms with van der Waals surface area (Å²) >= 11 is 5.99. The predicted molar refractivity (Wildman–Crippen MR) is 72.2 cm³/mol. The zero-order chi connectivity index (χ0) is 14.6. The van der Waals surface area contributed by atoms with E-state index in [4.69, 9.17) is 16.9 Å². The fourth-order valence-electron chi connectivity index (χ4n) is 1.73. The summed E-state index contributed by atoms with van der Waals surface area (Å²) in [4.78, 5) is -0.0111. The number of unbranched alkanes of at least 4 members (excludes halogenated alkanes) is 1. The molecule has 19 heavy (non-hydrogen) atoms. The van der Waals surface area contributed by atoms with Crippen molar-refractivity contribution in [3.05, 3.63) is 10.8 Å². The van der Waals surface area contributed by atoms with E-state index in [0.717, 1.165) is 10.7 Å². The third kappa shape index (κ3) is 3.26. The van der Waals surface area contributed by atoms with E-state index in [1.807, 2.05) is 13.0 Å². The number of hydrogen-bond acceptors (Lipinski definition) is 4. The molecule has 0 N–H and O–H groups in total. The molecule has 0 saturated heterocycles. The van der Waals surface area contributed by atoms with Crippen molar-refractivity contribution in [2.75, 3.05) is 13.1 Å². The molecule has 1 aromatic heterocycles. The zero-order valence-electron chi connectivity index (χ0n) is 11.2. The van der Waals surface area contributed by atoms with E-state index in [9.17, 15) is 8.42 Å². The summed E-state index contributed by atoms with van der Waals surface area (Å²) < 4.78 is 27.5. The highest BCUT2D eigenvalue weighted by Gasteiger charge is 2.31. The largest absolute Gasteiger partial charge is 0.255 e. The molecule has 1 heterocycles. The summed E-state index contributed by atoms with van der Waals surface area (Å²) in [5.41, 5.74) is 0.340. The van der Waals surface area contributed by atoms with Crippen LogP contribution in [-0.2, 0) is 17.1 Å². The van der Waals surface area contributed by atoms with Crippen molar-refractivity contribution in [3.63, 3.8) is 0 Å². The normalized spacial score (nSPS) is 11.8. The lowest BCUT2D eigenvalue weighted by Gasteiger charge is -2.18. The van der Waals surface area contributed by atoms with Crippen LogP contribution in [0.25, 0.3) is 0 Å². The zero-order valence-corrected chi connectivity index (χ0v) is 12.8. The second-order valence-corrected chi connectivity index (χ2v) is 6.41. The second kappa shape index (κ2) is 6.37. The lowest BCUT2D eigenvalue weighted by Crippen LogP contribution is -2.32. The van der Waals surface area contributed by atoms with Crippen molar-refractivity contribution >= 4 is 21.6 Å². The molecule has 0 unspecified atom stereocenters. The van der Waals surface area contributed by atoms with Crippen molar-refractivity contribution in [1.29, 1.82) is 5.26 Å². The van der Waals surface area contributed by atoms with E-state index < -0.39 is 10.0 Å². The molecule has 1 rings (SSSR count). The number of rotatable bonds is 6. The first kappa shape index (κ1) is 16.0. The first-order valence-electron chi connectivity index (χ1n) is 5.92.